The molecule has 0 saturated carbocycles. The van der Waals surface area contributed by atoms with Gasteiger partial charge in [0.25, 0.3) is 5.91 Å². The summed E-state index contributed by atoms with van der Waals surface area (Å²) in [5, 5.41) is 3.24. The maximum absolute atomic E-state index is 13.0. The number of sulfone groups is 1. The summed E-state index contributed by atoms with van der Waals surface area (Å²) in [7, 11) is -3.53. The Kier molecular flexibility index (Phi) is 5.23. The largest absolute Gasteiger partial charge is 0.336 e. The van der Waals surface area contributed by atoms with Gasteiger partial charge in [0.15, 0.2) is 15.5 Å². The monoisotopic (exact) mass is 441 g/mol. The van der Waals surface area contributed by atoms with E-state index in [1.165, 1.54) is 37.6 Å². The smallest absolute Gasteiger partial charge is 0.258 e. The number of aromatic amines is 1. The third-order valence-corrected chi connectivity index (χ3v) is 6.54. The number of anilines is 1. The number of rotatable bonds is 5. The number of fused-ring (bicyclic) bond motifs is 1. The van der Waals surface area contributed by atoms with E-state index in [0.717, 1.165) is 5.56 Å². The zero-order valence-electron chi connectivity index (χ0n) is 15.8. The van der Waals surface area contributed by atoms with Gasteiger partial charge in [-0.15, -0.1) is 0 Å². The van der Waals surface area contributed by atoms with Crippen LogP contribution >= 0.6 is 11.6 Å². The molecule has 1 amide bonds. The molecular formula is C20H16ClN5O3S. The highest BCUT2D eigenvalue weighted by molar-refractivity contribution is 7.91. The van der Waals surface area contributed by atoms with Crippen molar-refractivity contribution in [2.75, 3.05) is 11.1 Å². The van der Waals surface area contributed by atoms with Gasteiger partial charge in [0, 0.05) is 23.0 Å². The van der Waals surface area contributed by atoms with Crippen LogP contribution in [0.15, 0.2) is 59.9 Å². The molecule has 30 heavy (non-hydrogen) atoms. The van der Waals surface area contributed by atoms with E-state index in [4.69, 9.17) is 11.6 Å². The van der Waals surface area contributed by atoms with E-state index in [9.17, 15) is 13.2 Å². The number of hydrogen-bond donors (Lipinski definition) is 2. The second-order valence-corrected chi connectivity index (χ2v) is 9.06. The molecule has 152 valence electrons. The molecule has 8 nitrogen and oxygen atoms in total. The number of carbonyl (C=O) groups excluding carboxylic acids is 1. The number of halogens is 1. The highest BCUT2D eigenvalue weighted by Gasteiger charge is 2.20. The highest BCUT2D eigenvalue weighted by Crippen LogP contribution is 2.25. The normalized spacial score (nSPS) is 11.5. The summed E-state index contributed by atoms with van der Waals surface area (Å²) >= 11 is 5.93. The lowest BCUT2D eigenvalue weighted by Gasteiger charge is -2.10. The second-order valence-electron chi connectivity index (χ2n) is 6.38. The van der Waals surface area contributed by atoms with Gasteiger partial charge in [0.1, 0.15) is 5.82 Å². The lowest BCUT2D eigenvalue weighted by Crippen LogP contribution is -2.16. The van der Waals surface area contributed by atoms with Crippen molar-refractivity contribution in [3.05, 3.63) is 65.6 Å². The molecule has 0 aliphatic carbocycles. The molecule has 0 aliphatic rings. The van der Waals surface area contributed by atoms with Crippen LogP contribution in [0, 0.1) is 0 Å². The summed E-state index contributed by atoms with van der Waals surface area (Å²) in [6, 6.07) is 9.98. The summed E-state index contributed by atoms with van der Waals surface area (Å²) in [5.41, 5.74) is 1.97. The molecule has 0 bridgehead atoms. The molecule has 0 unspecified atom stereocenters. The SMILES string of the molecule is CCS(=O)(=O)c1ccncc1NC(=O)c1ccnc2nc(-c3ccc(Cl)cc3)[nH]c12. The van der Waals surface area contributed by atoms with E-state index in [0.29, 0.717) is 22.0 Å². The third kappa shape index (κ3) is 3.77. The zero-order chi connectivity index (χ0) is 21.3. The van der Waals surface area contributed by atoms with E-state index < -0.39 is 15.7 Å². The van der Waals surface area contributed by atoms with Crippen molar-refractivity contribution >= 4 is 44.2 Å². The molecule has 4 rings (SSSR count). The second kappa shape index (κ2) is 7.85. The average Bonchev–Trinajstić information content (AvgIpc) is 3.18. The van der Waals surface area contributed by atoms with Gasteiger partial charge in [-0.1, -0.05) is 18.5 Å². The van der Waals surface area contributed by atoms with Gasteiger partial charge in [0.2, 0.25) is 0 Å². The first-order valence-electron chi connectivity index (χ1n) is 8.98. The van der Waals surface area contributed by atoms with Crippen LogP contribution in [0.2, 0.25) is 5.02 Å². The Balaban J connectivity index is 1.72. The number of benzene rings is 1. The summed E-state index contributed by atoms with van der Waals surface area (Å²) < 4.78 is 24.6. The van der Waals surface area contributed by atoms with Crippen molar-refractivity contribution in [2.24, 2.45) is 0 Å². The van der Waals surface area contributed by atoms with Crippen LogP contribution in [0.25, 0.3) is 22.6 Å². The van der Waals surface area contributed by atoms with Crippen LogP contribution in [0.3, 0.4) is 0 Å². The van der Waals surface area contributed by atoms with Gasteiger partial charge in [-0.05, 0) is 36.4 Å². The molecule has 3 heterocycles. The Labute approximate surface area is 177 Å². The van der Waals surface area contributed by atoms with Gasteiger partial charge >= 0.3 is 0 Å². The van der Waals surface area contributed by atoms with Crippen molar-refractivity contribution in [3.63, 3.8) is 0 Å². The minimum atomic E-state index is -3.53. The van der Waals surface area contributed by atoms with Gasteiger partial charge in [-0.3, -0.25) is 9.78 Å². The summed E-state index contributed by atoms with van der Waals surface area (Å²) in [5.74, 6) is -0.0657. The standard InChI is InChI=1S/C20H16ClN5O3S/c1-2-30(28,29)16-8-9-22-11-15(16)24-20(27)14-7-10-23-19-17(14)25-18(26-19)12-3-5-13(21)6-4-12/h3-11H,2H2,1H3,(H,24,27)(H,23,25,26). The number of imidazole rings is 1. The van der Waals surface area contributed by atoms with Crippen LogP contribution in [-0.2, 0) is 9.84 Å². The molecule has 3 aromatic heterocycles. The average molecular weight is 442 g/mol. The first-order chi connectivity index (χ1) is 14.4. The van der Waals surface area contributed by atoms with Crippen molar-refractivity contribution in [1.29, 1.82) is 0 Å². The summed E-state index contributed by atoms with van der Waals surface area (Å²) in [6.45, 7) is 1.54. The van der Waals surface area contributed by atoms with E-state index in [1.807, 2.05) is 0 Å². The number of carbonyl (C=O) groups is 1. The van der Waals surface area contributed by atoms with E-state index in [-0.39, 0.29) is 21.9 Å². The predicted octanol–water partition coefficient (Wildman–Crippen LogP) is 3.72. The molecule has 0 saturated heterocycles. The third-order valence-electron chi connectivity index (χ3n) is 4.50. The fourth-order valence-corrected chi connectivity index (χ4v) is 4.08. The van der Waals surface area contributed by atoms with Crippen molar-refractivity contribution in [2.45, 2.75) is 11.8 Å². The Hall–Kier alpha value is -3.30. The molecule has 4 aromatic rings. The van der Waals surface area contributed by atoms with Crippen LogP contribution in [0.1, 0.15) is 17.3 Å². The summed E-state index contributed by atoms with van der Waals surface area (Å²) in [6.07, 6.45) is 4.15. The molecule has 0 fully saturated rings. The van der Waals surface area contributed by atoms with Crippen molar-refractivity contribution in [3.8, 4) is 11.4 Å². The molecule has 0 aliphatic heterocycles. The predicted molar refractivity (Wildman–Crippen MR) is 114 cm³/mol. The number of pyridine rings is 2. The number of nitrogens with zero attached hydrogens (tertiary/aromatic N) is 3. The van der Waals surface area contributed by atoms with Crippen LogP contribution in [0.4, 0.5) is 5.69 Å². The number of aromatic nitrogens is 4. The lowest BCUT2D eigenvalue weighted by atomic mass is 10.2. The Morgan fingerprint density at radius 2 is 1.90 bits per heavy atom. The molecule has 10 heteroatoms. The van der Waals surface area contributed by atoms with Crippen LogP contribution in [0.5, 0.6) is 0 Å². The van der Waals surface area contributed by atoms with E-state index >= 15 is 0 Å². The summed E-state index contributed by atoms with van der Waals surface area (Å²) in [4.78, 5) is 28.7. The Morgan fingerprint density at radius 3 is 2.63 bits per heavy atom. The fourth-order valence-electron chi connectivity index (χ4n) is 2.94. The van der Waals surface area contributed by atoms with Gasteiger partial charge in [-0.25, -0.2) is 18.4 Å². The van der Waals surface area contributed by atoms with Crippen molar-refractivity contribution < 1.29 is 13.2 Å². The molecule has 0 atom stereocenters. The first kappa shape index (κ1) is 20.0. The van der Waals surface area contributed by atoms with Gasteiger partial charge in [-0.2, -0.15) is 0 Å². The molecular weight excluding hydrogens is 426 g/mol. The van der Waals surface area contributed by atoms with Crippen molar-refractivity contribution in [1.82, 2.24) is 19.9 Å². The maximum Gasteiger partial charge on any atom is 0.258 e. The molecule has 1 aromatic carbocycles. The Bertz CT molecular complexity index is 1350. The van der Waals surface area contributed by atoms with Crippen LogP contribution in [-0.4, -0.2) is 40.0 Å². The lowest BCUT2D eigenvalue weighted by molar-refractivity contribution is 0.102. The number of hydrogen-bond acceptors (Lipinski definition) is 6. The topological polar surface area (TPSA) is 118 Å². The highest BCUT2D eigenvalue weighted by atomic mass is 35.5. The maximum atomic E-state index is 13.0. The zero-order valence-corrected chi connectivity index (χ0v) is 17.3. The van der Waals surface area contributed by atoms with Crippen LogP contribution < -0.4 is 5.32 Å². The van der Waals surface area contributed by atoms with E-state index in [2.05, 4.69) is 25.3 Å². The van der Waals surface area contributed by atoms with Gasteiger partial charge in [0.05, 0.1) is 33.6 Å². The molecule has 0 radical (unpaired) electrons. The van der Waals surface area contributed by atoms with E-state index in [1.54, 1.807) is 24.3 Å². The Morgan fingerprint density at radius 1 is 1.13 bits per heavy atom. The minimum absolute atomic E-state index is 0.0186. The minimum Gasteiger partial charge on any atom is -0.336 e. The fraction of sp³-hybridized carbons (Fsp3) is 0.100. The molecule has 0 spiro atoms. The quantitative estimate of drug-likeness (QED) is 0.487. The number of amides is 1. The number of nitrogens with one attached hydrogen (secondary N) is 2. The number of H-pyrrole nitrogens is 1. The first-order valence-corrected chi connectivity index (χ1v) is 11.0. The van der Waals surface area contributed by atoms with Gasteiger partial charge < -0.3 is 10.3 Å². The molecule has 2 N–H and O–H groups in total.